The van der Waals surface area contributed by atoms with Gasteiger partial charge in [0.25, 0.3) is 0 Å². The van der Waals surface area contributed by atoms with Gasteiger partial charge in [-0.15, -0.1) is 5.10 Å². The summed E-state index contributed by atoms with van der Waals surface area (Å²) >= 11 is 6.05. The zero-order valence-electron chi connectivity index (χ0n) is 15.2. The summed E-state index contributed by atoms with van der Waals surface area (Å²) in [6.45, 7) is 4.01. The Balaban J connectivity index is 1.82. The number of rotatable bonds is 7. The molecule has 0 aliphatic heterocycles. The first-order valence-electron chi connectivity index (χ1n) is 9.44. The predicted octanol–water partition coefficient (Wildman–Crippen LogP) is 4.12. The van der Waals surface area contributed by atoms with Crippen LogP contribution in [0.25, 0.3) is 5.69 Å². The van der Waals surface area contributed by atoms with Gasteiger partial charge in [-0.25, -0.2) is 0 Å². The molecule has 1 aromatic heterocycles. The lowest BCUT2D eigenvalue weighted by Gasteiger charge is -2.33. The van der Waals surface area contributed by atoms with E-state index < -0.39 is 0 Å². The fourth-order valence-corrected chi connectivity index (χ4v) is 3.78. The quantitative estimate of drug-likeness (QED) is 0.731. The average molecular weight is 373 g/mol. The van der Waals surface area contributed by atoms with Crippen LogP contribution in [0.5, 0.6) is 0 Å². The van der Waals surface area contributed by atoms with Crippen molar-refractivity contribution < 1.29 is 0 Å². The van der Waals surface area contributed by atoms with Crippen LogP contribution in [0, 0.1) is 11.3 Å². The maximum absolute atomic E-state index is 9.22. The van der Waals surface area contributed by atoms with Crippen LogP contribution in [0.3, 0.4) is 0 Å². The highest BCUT2D eigenvalue weighted by atomic mass is 35.5. The SMILES string of the molecule is CCCCN(Cc1nnnn1-c1ccc(Cl)c(C#N)c1)C1CCCCC1. The maximum atomic E-state index is 9.22. The molecule has 0 radical (unpaired) electrons. The van der Waals surface area contributed by atoms with Gasteiger partial charge < -0.3 is 0 Å². The molecule has 0 spiro atoms. The number of tetrazole rings is 1. The van der Waals surface area contributed by atoms with Gasteiger partial charge in [-0.1, -0.05) is 44.2 Å². The molecule has 1 aliphatic rings. The van der Waals surface area contributed by atoms with E-state index in [1.807, 2.05) is 6.07 Å². The number of nitriles is 1. The van der Waals surface area contributed by atoms with E-state index in [4.69, 9.17) is 11.6 Å². The van der Waals surface area contributed by atoms with E-state index in [0.717, 1.165) is 24.6 Å². The van der Waals surface area contributed by atoms with Crippen molar-refractivity contribution in [3.63, 3.8) is 0 Å². The van der Waals surface area contributed by atoms with Gasteiger partial charge >= 0.3 is 0 Å². The van der Waals surface area contributed by atoms with Crippen LogP contribution in [0.15, 0.2) is 18.2 Å². The Labute approximate surface area is 159 Å². The van der Waals surface area contributed by atoms with Crippen LogP contribution in [0.4, 0.5) is 0 Å². The Morgan fingerprint density at radius 3 is 2.85 bits per heavy atom. The molecule has 138 valence electrons. The topological polar surface area (TPSA) is 70.6 Å². The van der Waals surface area contributed by atoms with Crippen molar-refractivity contribution in [2.24, 2.45) is 0 Å². The highest BCUT2D eigenvalue weighted by Gasteiger charge is 2.23. The van der Waals surface area contributed by atoms with Crippen molar-refractivity contribution in [2.45, 2.75) is 64.5 Å². The largest absolute Gasteiger partial charge is 0.293 e. The maximum Gasteiger partial charge on any atom is 0.170 e. The van der Waals surface area contributed by atoms with E-state index in [0.29, 0.717) is 16.6 Å². The molecule has 1 aromatic carbocycles. The molecule has 0 bridgehead atoms. The van der Waals surface area contributed by atoms with E-state index in [2.05, 4.69) is 33.4 Å². The van der Waals surface area contributed by atoms with Gasteiger partial charge in [-0.2, -0.15) is 9.94 Å². The van der Waals surface area contributed by atoms with Gasteiger partial charge in [0.05, 0.1) is 22.8 Å². The number of hydrogen-bond acceptors (Lipinski definition) is 5. The third kappa shape index (κ3) is 4.40. The minimum atomic E-state index is 0.431. The van der Waals surface area contributed by atoms with Crippen LogP contribution in [0.1, 0.15) is 63.3 Å². The van der Waals surface area contributed by atoms with Gasteiger partial charge in [0.1, 0.15) is 6.07 Å². The fourth-order valence-electron chi connectivity index (χ4n) is 3.62. The number of nitrogens with zero attached hydrogens (tertiary/aromatic N) is 6. The summed E-state index contributed by atoms with van der Waals surface area (Å²) in [5, 5.41) is 21.9. The van der Waals surface area contributed by atoms with Crippen LogP contribution in [0.2, 0.25) is 5.02 Å². The monoisotopic (exact) mass is 372 g/mol. The summed E-state index contributed by atoms with van der Waals surface area (Å²) in [5.41, 5.74) is 1.20. The Bertz CT molecular complexity index is 760. The first kappa shape index (κ1) is 18.8. The smallest absolute Gasteiger partial charge is 0.170 e. The van der Waals surface area contributed by atoms with Crippen molar-refractivity contribution in [2.75, 3.05) is 6.54 Å². The second-order valence-electron chi connectivity index (χ2n) is 6.90. The average Bonchev–Trinajstić information content (AvgIpc) is 3.14. The van der Waals surface area contributed by atoms with E-state index in [1.165, 1.54) is 44.9 Å². The summed E-state index contributed by atoms with van der Waals surface area (Å²) in [5.74, 6) is 0.804. The van der Waals surface area contributed by atoms with Crippen molar-refractivity contribution in [1.82, 2.24) is 25.1 Å². The second-order valence-corrected chi connectivity index (χ2v) is 7.31. The summed E-state index contributed by atoms with van der Waals surface area (Å²) in [4.78, 5) is 2.53. The Kier molecular flexibility index (Phi) is 6.59. The summed E-state index contributed by atoms with van der Waals surface area (Å²) in [6, 6.07) is 8.03. The number of benzene rings is 1. The van der Waals surface area contributed by atoms with Crippen molar-refractivity contribution in [3.8, 4) is 11.8 Å². The predicted molar refractivity (Wildman–Crippen MR) is 101 cm³/mol. The number of halogens is 1. The van der Waals surface area contributed by atoms with Gasteiger partial charge in [-0.05, 0) is 54.4 Å². The summed E-state index contributed by atoms with van der Waals surface area (Å²) in [7, 11) is 0. The van der Waals surface area contributed by atoms with Crippen molar-refractivity contribution >= 4 is 11.6 Å². The fraction of sp³-hybridized carbons (Fsp3) is 0.579. The molecular weight excluding hydrogens is 348 g/mol. The van der Waals surface area contributed by atoms with Crippen LogP contribution >= 0.6 is 11.6 Å². The zero-order valence-corrected chi connectivity index (χ0v) is 16.0. The summed E-state index contributed by atoms with van der Waals surface area (Å²) < 4.78 is 1.72. The molecule has 7 heteroatoms. The number of unbranched alkanes of at least 4 members (excludes halogenated alkanes) is 1. The lowest BCUT2D eigenvalue weighted by Crippen LogP contribution is -2.37. The van der Waals surface area contributed by atoms with Crippen molar-refractivity contribution in [1.29, 1.82) is 5.26 Å². The second kappa shape index (κ2) is 9.11. The van der Waals surface area contributed by atoms with Gasteiger partial charge in [0.2, 0.25) is 0 Å². The molecule has 26 heavy (non-hydrogen) atoms. The lowest BCUT2D eigenvalue weighted by atomic mass is 9.94. The molecule has 6 nitrogen and oxygen atoms in total. The third-order valence-electron chi connectivity index (χ3n) is 5.08. The molecule has 1 heterocycles. The number of hydrogen-bond donors (Lipinski definition) is 0. The minimum Gasteiger partial charge on any atom is -0.293 e. The molecule has 2 aromatic rings. The molecule has 0 N–H and O–H groups in total. The molecule has 1 saturated carbocycles. The molecule has 1 aliphatic carbocycles. The minimum absolute atomic E-state index is 0.431. The van der Waals surface area contributed by atoms with E-state index in [-0.39, 0.29) is 0 Å². The normalized spacial score (nSPS) is 15.3. The lowest BCUT2D eigenvalue weighted by molar-refractivity contribution is 0.141. The highest BCUT2D eigenvalue weighted by Crippen LogP contribution is 2.25. The standard InChI is InChI=1S/C19H25ClN6/c1-2-3-11-25(16-7-5-4-6-8-16)14-19-22-23-24-26(19)17-9-10-18(20)15(12-17)13-21/h9-10,12,16H,2-8,11,14H2,1H3. The Morgan fingerprint density at radius 1 is 1.31 bits per heavy atom. The van der Waals surface area contributed by atoms with Gasteiger partial charge in [-0.3, -0.25) is 4.90 Å². The number of aromatic nitrogens is 4. The van der Waals surface area contributed by atoms with E-state index in [9.17, 15) is 5.26 Å². The molecule has 0 saturated heterocycles. The zero-order chi connectivity index (χ0) is 18.4. The molecular formula is C19H25ClN6. The Morgan fingerprint density at radius 2 is 2.12 bits per heavy atom. The molecule has 0 amide bonds. The highest BCUT2D eigenvalue weighted by molar-refractivity contribution is 6.31. The molecule has 1 fully saturated rings. The summed E-state index contributed by atoms with van der Waals surface area (Å²) in [6.07, 6.45) is 8.82. The van der Waals surface area contributed by atoms with Crippen molar-refractivity contribution in [3.05, 3.63) is 34.6 Å². The third-order valence-corrected chi connectivity index (χ3v) is 5.41. The van der Waals surface area contributed by atoms with E-state index in [1.54, 1.807) is 16.8 Å². The first-order chi connectivity index (χ1) is 12.7. The van der Waals surface area contributed by atoms with E-state index >= 15 is 0 Å². The van der Waals surface area contributed by atoms with Crippen LogP contribution in [-0.2, 0) is 6.54 Å². The Hall–Kier alpha value is -1.97. The van der Waals surface area contributed by atoms with Crippen LogP contribution in [-0.4, -0.2) is 37.7 Å². The first-order valence-corrected chi connectivity index (χ1v) is 9.82. The van der Waals surface area contributed by atoms with Crippen LogP contribution < -0.4 is 0 Å². The molecule has 3 rings (SSSR count). The van der Waals surface area contributed by atoms with Gasteiger partial charge in [0, 0.05) is 6.04 Å². The molecule has 0 atom stereocenters. The van der Waals surface area contributed by atoms with Gasteiger partial charge in [0.15, 0.2) is 5.82 Å². The molecule has 0 unspecified atom stereocenters.